The van der Waals surface area contributed by atoms with E-state index < -0.39 is 44.1 Å². The van der Waals surface area contributed by atoms with Crippen molar-refractivity contribution in [2.75, 3.05) is 6.61 Å². The highest BCUT2D eigenvalue weighted by atomic mass is 31.2. The van der Waals surface area contributed by atoms with Gasteiger partial charge in [0.1, 0.15) is 6.10 Å². The number of carbonyl (C=O) groups excluding carboxylic acids is 1. The molecule has 0 aliphatic carbocycles. The number of phosphoric acid groups is 1. The van der Waals surface area contributed by atoms with Gasteiger partial charge in [-0.25, -0.2) is 9.36 Å². The molecule has 0 unspecified atom stereocenters. The van der Waals surface area contributed by atoms with Gasteiger partial charge in [0.2, 0.25) is 0 Å². The van der Waals surface area contributed by atoms with E-state index in [1.54, 1.807) is 0 Å². The second-order valence-corrected chi connectivity index (χ2v) is 4.04. The van der Waals surface area contributed by atoms with Crippen molar-refractivity contribution in [1.29, 1.82) is 0 Å². The Morgan fingerprint density at radius 1 is 1.14 bits per heavy atom. The fourth-order valence-electron chi connectivity index (χ4n) is 1.02. The molecule has 1 rings (SSSR count). The molecule has 0 aromatic carbocycles. The molecule has 1 aliphatic heterocycles. The summed E-state index contributed by atoms with van der Waals surface area (Å²) in [6.45, 7) is -0.814. The molecule has 0 aromatic heterocycles. The Bertz CT molecular complexity index is 372. The van der Waals surface area contributed by atoms with Crippen molar-refractivity contribution < 1.29 is 76.6 Å². The van der Waals surface area contributed by atoms with E-state index in [1.807, 2.05) is 0 Å². The summed E-state index contributed by atoms with van der Waals surface area (Å²) in [4.78, 5) is 27.8. The third kappa shape index (κ3) is 8.82. The van der Waals surface area contributed by atoms with Gasteiger partial charge in [0.05, 0.1) is 6.61 Å². The summed E-state index contributed by atoms with van der Waals surface area (Å²) in [5, 5.41) is 26.9. The largest absolute Gasteiger partial charge is 0.525 e. The average Bonchev–Trinajstić information content (AvgIpc) is 2.42. The van der Waals surface area contributed by atoms with Gasteiger partial charge in [0.25, 0.3) is 5.76 Å². The van der Waals surface area contributed by atoms with Crippen LogP contribution in [0, 0.1) is 0 Å². The predicted octanol–water partition coefficient (Wildman–Crippen LogP) is -6.80. The van der Waals surface area contributed by atoms with E-state index in [9.17, 15) is 14.5 Å². The predicted molar refractivity (Wildman–Crippen MR) is 67.4 cm³/mol. The van der Waals surface area contributed by atoms with Crippen LogP contribution in [0.2, 0.25) is 0 Å². The summed E-state index contributed by atoms with van der Waals surface area (Å²) in [6.07, 6.45) is -3.21. The molecule has 0 saturated carbocycles. The molecule has 17 N–H and O–H groups in total. The topological polar surface area (TPSA) is 343 Å². The van der Waals surface area contributed by atoms with Gasteiger partial charge >= 0.3 is 13.8 Å². The Kier molecular flexibility index (Phi) is 22.5. The van der Waals surface area contributed by atoms with Crippen LogP contribution >= 0.6 is 7.82 Å². The molecule has 16 heteroatoms. The monoisotopic (exact) mass is 364 g/mol. The molecule has 0 amide bonds. The van der Waals surface area contributed by atoms with E-state index in [4.69, 9.17) is 20.0 Å². The summed E-state index contributed by atoms with van der Waals surface area (Å²) < 4.78 is 18.7. The minimum absolute atomic E-state index is 0. The number of rotatable bonds is 4. The van der Waals surface area contributed by atoms with Crippen molar-refractivity contribution in [1.82, 2.24) is 0 Å². The Morgan fingerprint density at radius 2 is 1.55 bits per heavy atom. The Morgan fingerprint density at radius 3 is 1.86 bits per heavy atom. The molecule has 0 saturated heterocycles. The summed E-state index contributed by atoms with van der Waals surface area (Å²) in [6, 6.07) is 0. The van der Waals surface area contributed by atoms with Crippen LogP contribution in [-0.2, 0) is 18.6 Å². The maximum atomic E-state index is 11.0. The highest BCUT2D eigenvalue weighted by Crippen LogP contribution is 2.42. The van der Waals surface area contributed by atoms with Crippen LogP contribution in [0.15, 0.2) is 11.5 Å². The van der Waals surface area contributed by atoms with Gasteiger partial charge in [-0.15, -0.1) is 0 Å². The van der Waals surface area contributed by atoms with Crippen LogP contribution in [0.3, 0.4) is 0 Å². The summed E-state index contributed by atoms with van der Waals surface area (Å²) >= 11 is 0. The van der Waals surface area contributed by atoms with Gasteiger partial charge in [0.15, 0.2) is 11.9 Å². The molecule has 0 aromatic rings. The lowest BCUT2D eigenvalue weighted by Gasteiger charge is -2.13. The number of carbonyl (C=O) groups is 1. The zero-order valence-electron chi connectivity index (χ0n) is 10.7. The fraction of sp³-hybridized carbons (Fsp3) is 0.500. The minimum atomic E-state index is -5.02. The Hall–Kier alpha value is -1.36. The summed E-state index contributed by atoms with van der Waals surface area (Å²) in [5.41, 5.74) is 0. The second kappa shape index (κ2) is 13.3. The van der Waals surface area contributed by atoms with E-state index in [0.717, 1.165) is 0 Å². The molecule has 1 heterocycles. The number of cyclic esters (lactones) is 1. The molecule has 22 heavy (non-hydrogen) atoms. The number of ether oxygens (including phenoxy) is 1. The van der Waals surface area contributed by atoms with Gasteiger partial charge in [-0.2, -0.15) is 0 Å². The standard InChI is InChI=1S/C6H9O9P.6H2O/c7-1-2(8)4-3(9)5(6(10)14-4)15-16(11,12)13;;;;;;/h2,4,7-9H,1H2,(H2,11,12,13);6*1H2/t2-,4+;;;;;;/m0....../s1. The first-order valence-corrected chi connectivity index (χ1v) is 5.47. The number of hydrogen-bond acceptors (Lipinski definition) is 7. The molecular formula is C6H21O15P. The SMILES string of the molecule is O.O.O.O.O.O.O=C1O[C@H]([C@@H](O)CO)C(O)=C1OP(=O)(O)O. The maximum Gasteiger partial charge on any atom is 0.525 e. The van der Waals surface area contributed by atoms with Gasteiger partial charge in [-0.05, 0) is 0 Å². The van der Waals surface area contributed by atoms with Crippen LogP contribution in [0.5, 0.6) is 0 Å². The van der Waals surface area contributed by atoms with E-state index in [1.165, 1.54) is 0 Å². The lowest BCUT2D eigenvalue weighted by atomic mass is 10.2. The first-order chi connectivity index (χ1) is 7.26. The highest BCUT2D eigenvalue weighted by molar-refractivity contribution is 7.46. The second-order valence-electron chi connectivity index (χ2n) is 2.87. The zero-order chi connectivity index (χ0) is 12.5. The van der Waals surface area contributed by atoms with Crippen molar-refractivity contribution in [2.45, 2.75) is 12.2 Å². The molecule has 0 spiro atoms. The lowest BCUT2D eigenvalue weighted by Crippen LogP contribution is -2.31. The fourth-order valence-corrected chi connectivity index (χ4v) is 1.42. The Labute approximate surface area is 122 Å². The van der Waals surface area contributed by atoms with Crippen LogP contribution in [0.25, 0.3) is 0 Å². The van der Waals surface area contributed by atoms with E-state index in [2.05, 4.69) is 9.26 Å². The van der Waals surface area contributed by atoms with Crippen LogP contribution in [-0.4, -0.2) is 82.7 Å². The van der Waals surface area contributed by atoms with Crippen molar-refractivity contribution in [2.24, 2.45) is 0 Å². The van der Waals surface area contributed by atoms with Crippen LogP contribution < -0.4 is 0 Å². The number of aliphatic hydroxyl groups excluding tert-OH is 3. The van der Waals surface area contributed by atoms with Crippen molar-refractivity contribution >= 4 is 13.8 Å². The van der Waals surface area contributed by atoms with Gasteiger partial charge in [-0.3, -0.25) is 9.79 Å². The van der Waals surface area contributed by atoms with Gasteiger partial charge in [0, 0.05) is 0 Å². The van der Waals surface area contributed by atoms with E-state index >= 15 is 0 Å². The summed E-state index contributed by atoms with van der Waals surface area (Å²) in [7, 11) is -5.02. The normalized spacial score (nSPS) is 16.9. The molecule has 0 bridgehead atoms. The van der Waals surface area contributed by atoms with Gasteiger partial charge < -0.3 is 57.4 Å². The number of phosphoric ester groups is 1. The quantitative estimate of drug-likeness (QED) is 0.233. The average molecular weight is 364 g/mol. The van der Waals surface area contributed by atoms with Crippen LogP contribution in [0.4, 0.5) is 0 Å². The van der Waals surface area contributed by atoms with E-state index in [-0.39, 0.29) is 32.9 Å². The molecule has 15 nitrogen and oxygen atoms in total. The lowest BCUT2D eigenvalue weighted by molar-refractivity contribution is -0.147. The molecule has 0 radical (unpaired) electrons. The minimum Gasteiger partial charge on any atom is -0.505 e. The van der Waals surface area contributed by atoms with Gasteiger partial charge in [-0.1, -0.05) is 0 Å². The molecule has 1 aliphatic rings. The van der Waals surface area contributed by atoms with Crippen molar-refractivity contribution in [3.8, 4) is 0 Å². The van der Waals surface area contributed by atoms with Crippen molar-refractivity contribution in [3.63, 3.8) is 0 Å². The first-order valence-electron chi connectivity index (χ1n) is 3.94. The molecule has 140 valence electrons. The third-order valence-electron chi connectivity index (χ3n) is 1.67. The molecular weight excluding hydrogens is 343 g/mol. The summed E-state index contributed by atoms with van der Waals surface area (Å²) in [5.74, 6) is -3.39. The Balaban J connectivity index is -0.000000107. The molecule has 0 fully saturated rings. The zero-order valence-corrected chi connectivity index (χ0v) is 11.6. The first kappa shape index (κ1) is 37.1. The van der Waals surface area contributed by atoms with E-state index in [0.29, 0.717) is 0 Å². The smallest absolute Gasteiger partial charge is 0.505 e. The number of aliphatic hydroxyl groups is 3. The van der Waals surface area contributed by atoms with Crippen LogP contribution in [0.1, 0.15) is 0 Å². The number of esters is 1. The highest BCUT2D eigenvalue weighted by Gasteiger charge is 2.42. The van der Waals surface area contributed by atoms with Crippen molar-refractivity contribution in [3.05, 3.63) is 11.5 Å². The third-order valence-corrected chi connectivity index (χ3v) is 2.09. The maximum absolute atomic E-state index is 11.0. The number of hydrogen-bond donors (Lipinski definition) is 5. The molecule has 2 atom stereocenters.